The SMILES string of the molecule is COc1ccc(C2(C(=O)OC(C)C)CC=C(C3=CCCCC3)CC2)cc1. The van der Waals surface area contributed by atoms with Crippen LogP contribution in [0.15, 0.2) is 47.6 Å². The molecule has 3 rings (SSSR count). The maximum Gasteiger partial charge on any atom is 0.317 e. The molecule has 1 unspecified atom stereocenters. The van der Waals surface area contributed by atoms with Gasteiger partial charge in [0.05, 0.1) is 18.6 Å². The molecular weight excluding hydrogens is 324 g/mol. The summed E-state index contributed by atoms with van der Waals surface area (Å²) in [6, 6.07) is 7.89. The van der Waals surface area contributed by atoms with Crippen molar-refractivity contribution in [1.29, 1.82) is 0 Å². The highest BCUT2D eigenvalue weighted by Gasteiger charge is 2.43. The minimum atomic E-state index is -0.588. The Hall–Kier alpha value is -2.03. The molecule has 0 aliphatic heterocycles. The molecule has 0 N–H and O–H groups in total. The lowest BCUT2D eigenvalue weighted by Crippen LogP contribution is -2.40. The van der Waals surface area contributed by atoms with Crippen molar-refractivity contribution in [3.05, 3.63) is 53.1 Å². The zero-order valence-corrected chi connectivity index (χ0v) is 16.2. The number of ether oxygens (including phenoxy) is 2. The number of allylic oxidation sites excluding steroid dienone is 4. The van der Waals surface area contributed by atoms with Gasteiger partial charge in [-0.2, -0.15) is 0 Å². The summed E-state index contributed by atoms with van der Waals surface area (Å²) in [7, 11) is 1.66. The highest BCUT2D eigenvalue weighted by Crippen LogP contribution is 2.43. The molecule has 0 aromatic heterocycles. The number of hydrogen-bond donors (Lipinski definition) is 0. The summed E-state index contributed by atoms with van der Waals surface area (Å²) in [6.45, 7) is 3.83. The maximum atomic E-state index is 13.1. The van der Waals surface area contributed by atoms with Gasteiger partial charge in [0.15, 0.2) is 0 Å². The number of rotatable bonds is 5. The summed E-state index contributed by atoms with van der Waals surface area (Å²) < 4.78 is 10.9. The molecule has 3 nitrogen and oxygen atoms in total. The lowest BCUT2D eigenvalue weighted by atomic mass is 9.69. The van der Waals surface area contributed by atoms with Crippen LogP contribution in [-0.4, -0.2) is 19.2 Å². The van der Waals surface area contributed by atoms with Gasteiger partial charge in [0.1, 0.15) is 5.75 Å². The third-order valence-electron chi connectivity index (χ3n) is 5.60. The third kappa shape index (κ3) is 3.87. The number of benzene rings is 1. The molecule has 0 radical (unpaired) electrons. The van der Waals surface area contributed by atoms with Crippen LogP contribution in [0.1, 0.15) is 64.4 Å². The van der Waals surface area contributed by atoms with E-state index < -0.39 is 5.41 Å². The fourth-order valence-electron chi connectivity index (χ4n) is 4.07. The lowest BCUT2D eigenvalue weighted by Gasteiger charge is -2.36. The van der Waals surface area contributed by atoms with E-state index in [9.17, 15) is 4.79 Å². The van der Waals surface area contributed by atoms with Crippen molar-refractivity contribution >= 4 is 5.97 Å². The van der Waals surface area contributed by atoms with Gasteiger partial charge in [-0.15, -0.1) is 0 Å². The molecule has 140 valence electrons. The van der Waals surface area contributed by atoms with Crippen LogP contribution in [0.25, 0.3) is 0 Å². The number of carbonyl (C=O) groups excluding carboxylic acids is 1. The minimum absolute atomic E-state index is 0.106. The molecule has 26 heavy (non-hydrogen) atoms. The van der Waals surface area contributed by atoms with Gasteiger partial charge in [0.25, 0.3) is 0 Å². The summed E-state index contributed by atoms with van der Waals surface area (Å²) in [5.74, 6) is 0.700. The molecule has 0 heterocycles. The van der Waals surface area contributed by atoms with Gasteiger partial charge in [-0.1, -0.05) is 24.3 Å². The zero-order valence-electron chi connectivity index (χ0n) is 16.2. The Balaban J connectivity index is 1.90. The molecule has 0 spiro atoms. The van der Waals surface area contributed by atoms with E-state index in [-0.39, 0.29) is 12.1 Å². The first-order valence-electron chi connectivity index (χ1n) is 9.79. The van der Waals surface area contributed by atoms with E-state index in [2.05, 4.69) is 12.2 Å². The molecule has 3 heteroatoms. The van der Waals surface area contributed by atoms with Crippen LogP contribution < -0.4 is 4.74 Å². The van der Waals surface area contributed by atoms with Gasteiger partial charge in [0, 0.05) is 0 Å². The largest absolute Gasteiger partial charge is 0.497 e. The second-order valence-electron chi connectivity index (χ2n) is 7.67. The predicted octanol–water partition coefficient (Wildman–Crippen LogP) is 5.50. The van der Waals surface area contributed by atoms with Gasteiger partial charge >= 0.3 is 5.97 Å². The summed E-state index contributed by atoms with van der Waals surface area (Å²) in [6.07, 6.45) is 12.0. The average molecular weight is 354 g/mol. The van der Waals surface area contributed by atoms with Crippen molar-refractivity contribution in [2.45, 2.75) is 70.3 Å². The molecule has 1 atom stereocenters. The van der Waals surface area contributed by atoms with E-state index in [4.69, 9.17) is 9.47 Å². The van der Waals surface area contributed by atoms with E-state index in [0.29, 0.717) is 6.42 Å². The molecule has 0 saturated carbocycles. The van der Waals surface area contributed by atoms with E-state index in [1.165, 1.54) is 36.8 Å². The van der Waals surface area contributed by atoms with Crippen LogP contribution in [0.4, 0.5) is 0 Å². The smallest absolute Gasteiger partial charge is 0.317 e. The molecule has 0 amide bonds. The minimum Gasteiger partial charge on any atom is -0.497 e. The molecule has 0 bridgehead atoms. The van der Waals surface area contributed by atoms with Crippen LogP contribution in [-0.2, 0) is 14.9 Å². The molecule has 1 aromatic rings. The standard InChI is InChI=1S/C23H30O3/c1-17(2)26-22(24)23(20-9-11-21(25-3)12-10-20)15-13-19(14-16-23)18-7-5-4-6-8-18/h7,9-13,17H,4-6,8,14-16H2,1-3H3. The van der Waals surface area contributed by atoms with Crippen LogP contribution in [0.5, 0.6) is 5.75 Å². The summed E-state index contributed by atoms with van der Waals surface area (Å²) >= 11 is 0. The second-order valence-corrected chi connectivity index (χ2v) is 7.67. The highest BCUT2D eigenvalue weighted by molar-refractivity contribution is 5.84. The average Bonchev–Trinajstić information content (AvgIpc) is 2.68. The van der Waals surface area contributed by atoms with E-state index in [1.54, 1.807) is 7.11 Å². The quantitative estimate of drug-likeness (QED) is 0.655. The first-order chi connectivity index (χ1) is 12.5. The molecule has 2 aliphatic rings. The van der Waals surface area contributed by atoms with Crippen molar-refractivity contribution < 1.29 is 14.3 Å². The van der Waals surface area contributed by atoms with Gasteiger partial charge in [-0.25, -0.2) is 0 Å². The highest BCUT2D eigenvalue weighted by atomic mass is 16.5. The Morgan fingerprint density at radius 2 is 1.77 bits per heavy atom. The topological polar surface area (TPSA) is 35.5 Å². The van der Waals surface area contributed by atoms with Crippen LogP contribution in [0.3, 0.4) is 0 Å². The fraction of sp³-hybridized carbons (Fsp3) is 0.522. The predicted molar refractivity (Wildman–Crippen MR) is 104 cm³/mol. The number of methoxy groups -OCH3 is 1. The fourth-order valence-corrected chi connectivity index (χ4v) is 4.07. The molecule has 2 aliphatic carbocycles. The van der Waals surface area contributed by atoms with Crippen molar-refractivity contribution in [3.63, 3.8) is 0 Å². The van der Waals surface area contributed by atoms with Gasteiger partial charge in [-0.3, -0.25) is 4.79 Å². The third-order valence-corrected chi connectivity index (χ3v) is 5.60. The maximum absolute atomic E-state index is 13.1. The molecular formula is C23H30O3. The van der Waals surface area contributed by atoms with Gasteiger partial charge in [-0.05, 0) is 87.6 Å². The van der Waals surface area contributed by atoms with Crippen molar-refractivity contribution in [2.75, 3.05) is 7.11 Å². The van der Waals surface area contributed by atoms with Crippen LogP contribution in [0.2, 0.25) is 0 Å². The zero-order chi connectivity index (χ0) is 18.6. The Morgan fingerprint density at radius 3 is 2.31 bits per heavy atom. The van der Waals surface area contributed by atoms with E-state index in [1.807, 2.05) is 38.1 Å². The Morgan fingerprint density at radius 1 is 1.04 bits per heavy atom. The Kier molecular flexibility index (Phi) is 5.85. The molecule has 0 saturated heterocycles. The Labute approximate surface area is 157 Å². The monoisotopic (exact) mass is 354 g/mol. The summed E-state index contributed by atoms with van der Waals surface area (Å²) in [4.78, 5) is 13.1. The number of hydrogen-bond acceptors (Lipinski definition) is 3. The molecule has 1 aromatic carbocycles. The summed E-state index contributed by atoms with van der Waals surface area (Å²) in [5.41, 5.74) is 3.37. The lowest BCUT2D eigenvalue weighted by molar-refractivity contribution is -0.155. The first-order valence-corrected chi connectivity index (χ1v) is 9.79. The van der Waals surface area contributed by atoms with Crippen molar-refractivity contribution in [3.8, 4) is 5.75 Å². The van der Waals surface area contributed by atoms with E-state index in [0.717, 1.165) is 24.2 Å². The van der Waals surface area contributed by atoms with Crippen molar-refractivity contribution in [2.24, 2.45) is 0 Å². The Bertz CT molecular complexity index is 697. The number of esters is 1. The number of carbonyl (C=O) groups is 1. The van der Waals surface area contributed by atoms with Crippen LogP contribution in [0, 0.1) is 0 Å². The molecule has 0 fully saturated rings. The first kappa shape index (κ1) is 18.8. The second kappa shape index (κ2) is 8.11. The van der Waals surface area contributed by atoms with E-state index >= 15 is 0 Å². The van der Waals surface area contributed by atoms with Gasteiger partial charge in [0.2, 0.25) is 0 Å². The normalized spacial score (nSPS) is 23.2. The van der Waals surface area contributed by atoms with Crippen molar-refractivity contribution in [1.82, 2.24) is 0 Å². The summed E-state index contributed by atoms with van der Waals surface area (Å²) in [5, 5.41) is 0. The van der Waals surface area contributed by atoms with Gasteiger partial charge < -0.3 is 9.47 Å². The van der Waals surface area contributed by atoms with Crippen LogP contribution >= 0.6 is 0 Å².